The van der Waals surface area contributed by atoms with Crippen molar-refractivity contribution in [1.29, 1.82) is 0 Å². The molecule has 2 aliphatic heterocycles. The van der Waals surface area contributed by atoms with Gasteiger partial charge < -0.3 is 14.7 Å². The Kier molecular flexibility index (Phi) is 7.72. The molecule has 2 saturated heterocycles. The normalized spacial score (nSPS) is 23.4. The molecule has 2 fully saturated rings. The average Bonchev–Trinajstić information content (AvgIpc) is 3.28. The van der Waals surface area contributed by atoms with Crippen molar-refractivity contribution in [3.8, 4) is 11.1 Å². The van der Waals surface area contributed by atoms with Crippen LogP contribution in [0.1, 0.15) is 131 Å². The minimum atomic E-state index is -0.954. The number of benzene rings is 3. The number of rotatable bonds is 6. The summed E-state index contributed by atoms with van der Waals surface area (Å²) in [6.07, 6.45) is 3.79. The molecule has 0 radical (unpaired) electrons. The topological polar surface area (TPSA) is 49.8 Å². The molecule has 6 rings (SSSR count). The zero-order chi connectivity index (χ0) is 29.8. The van der Waals surface area contributed by atoms with E-state index in [4.69, 9.17) is 4.74 Å². The zero-order valence-electron chi connectivity index (χ0n) is 26.2. The van der Waals surface area contributed by atoms with Gasteiger partial charge in [0.1, 0.15) is 6.61 Å². The monoisotopic (exact) mass is 565 g/mol. The SMILES string of the molecule is CC(C)c1cc(C(C)C)c(C2(O)CC3CCCC(C2)N3C(=O)OCC2c3ccccc3-c3ccccc32)c(C(C)C)c1. The second-order valence-electron chi connectivity index (χ2n) is 13.9. The van der Waals surface area contributed by atoms with Crippen LogP contribution in [0.25, 0.3) is 11.1 Å². The minimum absolute atomic E-state index is 0.0250. The highest BCUT2D eigenvalue weighted by atomic mass is 16.6. The van der Waals surface area contributed by atoms with Crippen LogP contribution in [-0.2, 0) is 10.3 Å². The Bertz CT molecular complexity index is 1380. The molecule has 1 amide bonds. The summed E-state index contributed by atoms with van der Waals surface area (Å²) in [4.78, 5) is 15.8. The molecular weight excluding hydrogens is 518 g/mol. The second kappa shape index (κ2) is 11.2. The molecule has 3 aliphatic rings. The van der Waals surface area contributed by atoms with E-state index < -0.39 is 5.60 Å². The second-order valence-corrected chi connectivity index (χ2v) is 13.9. The lowest BCUT2D eigenvalue weighted by Crippen LogP contribution is -2.59. The van der Waals surface area contributed by atoms with E-state index >= 15 is 0 Å². The van der Waals surface area contributed by atoms with Crippen LogP contribution >= 0.6 is 0 Å². The van der Waals surface area contributed by atoms with E-state index in [1.165, 1.54) is 38.9 Å². The number of fused-ring (bicyclic) bond motifs is 5. The summed E-state index contributed by atoms with van der Waals surface area (Å²) in [5, 5.41) is 12.6. The van der Waals surface area contributed by atoms with Crippen LogP contribution in [0.4, 0.5) is 4.79 Å². The van der Waals surface area contributed by atoms with Crippen LogP contribution in [0.15, 0.2) is 60.7 Å². The Morgan fingerprint density at radius 1 is 0.833 bits per heavy atom. The first kappa shape index (κ1) is 29.0. The Morgan fingerprint density at radius 3 is 1.81 bits per heavy atom. The molecule has 4 heteroatoms. The van der Waals surface area contributed by atoms with Gasteiger partial charge in [-0.15, -0.1) is 0 Å². The lowest BCUT2D eigenvalue weighted by atomic mass is 9.68. The largest absolute Gasteiger partial charge is 0.448 e. The predicted octanol–water partition coefficient (Wildman–Crippen LogP) is 9.21. The molecule has 0 saturated carbocycles. The van der Waals surface area contributed by atoms with Gasteiger partial charge in [-0.25, -0.2) is 4.79 Å². The van der Waals surface area contributed by atoms with E-state index in [9.17, 15) is 9.90 Å². The summed E-state index contributed by atoms with van der Waals surface area (Å²) < 4.78 is 6.16. The molecule has 0 spiro atoms. The summed E-state index contributed by atoms with van der Waals surface area (Å²) in [5.74, 6) is 1.09. The van der Waals surface area contributed by atoms with Crippen molar-refractivity contribution in [2.45, 2.75) is 115 Å². The zero-order valence-corrected chi connectivity index (χ0v) is 26.2. The number of carbonyl (C=O) groups is 1. The van der Waals surface area contributed by atoms with E-state index in [1.807, 2.05) is 4.90 Å². The standard InChI is InChI=1S/C38H47NO3/c1-23(2)26-18-33(24(3)4)36(34(19-26)25(5)6)38(41)20-27-12-11-13-28(21-38)39(27)37(40)42-22-35-31-16-9-7-14-29(31)30-15-8-10-17-32(30)35/h7-10,14-19,23-25,27-28,35,41H,11-13,20-22H2,1-6H3. The van der Waals surface area contributed by atoms with Crippen LogP contribution in [0.2, 0.25) is 0 Å². The molecule has 0 aromatic heterocycles. The van der Waals surface area contributed by atoms with Gasteiger partial charge >= 0.3 is 6.09 Å². The van der Waals surface area contributed by atoms with Crippen molar-refractivity contribution in [3.05, 3.63) is 94.0 Å². The smallest absolute Gasteiger partial charge is 0.410 e. The maximum atomic E-state index is 13.8. The van der Waals surface area contributed by atoms with Gasteiger partial charge in [0, 0.05) is 30.8 Å². The molecule has 4 nitrogen and oxygen atoms in total. The predicted molar refractivity (Wildman–Crippen MR) is 170 cm³/mol. The third-order valence-electron chi connectivity index (χ3n) is 10.2. The lowest BCUT2D eigenvalue weighted by molar-refractivity contribution is -0.0901. The first-order valence-corrected chi connectivity index (χ1v) is 16.1. The van der Waals surface area contributed by atoms with Gasteiger partial charge in [-0.3, -0.25) is 0 Å². The summed E-state index contributed by atoms with van der Waals surface area (Å²) >= 11 is 0. The summed E-state index contributed by atoms with van der Waals surface area (Å²) in [6, 6.07) is 21.6. The third-order valence-corrected chi connectivity index (χ3v) is 10.2. The van der Waals surface area contributed by atoms with Crippen molar-refractivity contribution in [2.24, 2.45) is 0 Å². The maximum absolute atomic E-state index is 13.8. The molecule has 2 heterocycles. The van der Waals surface area contributed by atoms with E-state index in [0.717, 1.165) is 24.8 Å². The summed E-state index contributed by atoms with van der Waals surface area (Å²) in [5.41, 5.74) is 8.97. The molecular formula is C38H47NO3. The van der Waals surface area contributed by atoms with Gasteiger partial charge in [-0.2, -0.15) is 0 Å². The fourth-order valence-electron chi connectivity index (χ4n) is 8.09. The van der Waals surface area contributed by atoms with E-state index in [1.54, 1.807) is 0 Å². The van der Waals surface area contributed by atoms with Crippen molar-refractivity contribution < 1.29 is 14.6 Å². The quantitative estimate of drug-likeness (QED) is 0.324. The molecule has 222 valence electrons. The molecule has 1 N–H and O–H groups in total. The van der Waals surface area contributed by atoms with Gasteiger partial charge in [0.25, 0.3) is 0 Å². The minimum Gasteiger partial charge on any atom is -0.448 e. The van der Waals surface area contributed by atoms with Gasteiger partial charge in [-0.05, 0) is 81.5 Å². The Balaban J connectivity index is 1.27. The number of ether oxygens (including phenoxy) is 1. The van der Waals surface area contributed by atoms with Crippen LogP contribution in [0.3, 0.4) is 0 Å². The van der Waals surface area contributed by atoms with Crippen LogP contribution in [0.5, 0.6) is 0 Å². The number of amides is 1. The summed E-state index contributed by atoms with van der Waals surface area (Å²) in [7, 11) is 0. The van der Waals surface area contributed by atoms with Crippen molar-refractivity contribution in [2.75, 3.05) is 6.61 Å². The van der Waals surface area contributed by atoms with Crippen LogP contribution in [0, 0.1) is 0 Å². The number of nitrogens with zero attached hydrogens (tertiary/aromatic N) is 1. The molecule has 2 bridgehead atoms. The Labute approximate surface area is 252 Å². The number of carbonyl (C=O) groups excluding carboxylic acids is 1. The molecule has 3 aromatic rings. The lowest BCUT2D eigenvalue weighted by Gasteiger charge is -2.52. The first-order valence-electron chi connectivity index (χ1n) is 16.1. The van der Waals surface area contributed by atoms with Gasteiger partial charge in [0.2, 0.25) is 0 Å². The van der Waals surface area contributed by atoms with Crippen molar-refractivity contribution in [3.63, 3.8) is 0 Å². The van der Waals surface area contributed by atoms with E-state index in [2.05, 4.69) is 102 Å². The number of piperidine rings is 2. The highest BCUT2D eigenvalue weighted by Gasteiger charge is 2.50. The van der Waals surface area contributed by atoms with Gasteiger partial charge in [0.15, 0.2) is 0 Å². The molecule has 3 aromatic carbocycles. The van der Waals surface area contributed by atoms with Gasteiger partial charge in [0.05, 0.1) is 5.60 Å². The summed E-state index contributed by atoms with van der Waals surface area (Å²) in [6.45, 7) is 13.8. The number of hydrogen-bond donors (Lipinski definition) is 1. The van der Waals surface area contributed by atoms with E-state index in [-0.39, 0.29) is 24.1 Å². The van der Waals surface area contributed by atoms with Crippen molar-refractivity contribution >= 4 is 6.09 Å². The number of hydrogen-bond acceptors (Lipinski definition) is 3. The highest BCUT2D eigenvalue weighted by molar-refractivity contribution is 5.79. The highest BCUT2D eigenvalue weighted by Crippen LogP contribution is 2.50. The van der Waals surface area contributed by atoms with Crippen LogP contribution in [-0.4, -0.2) is 34.8 Å². The van der Waals surface area contributed by atoms with E-state index in [0.29, 0.717) is 37.2 Å². The molecule has 2 unspecified atom stereocenters. The first-order chi connectivity index (χ1) is 20.1. The van der Waals surface area contributed by atoms with Crippen LogP contribution < -0.4 is 0 Å². The van der Waals surface area contributed by atoms with Crippen molar-refractivity contribution in [1.82, 2.24) is 4.90 Å². The molecule has 1 aliphatic carbocycles. The average molecular weight is 566 g/mol. The van der Waals surface area contributed by atoms with Gasteiger partial charge in [-0.1, -0.05) is 102 Å². The fourth-order valence-corrected chi connectivity index (χ4v) is 8.09. The Morgan fingerprint density at radius 2 is 1.33 bits per heavy atom. The fraction of sp³-hybridized carbons (Fsp3) is 0.500. The maximum Gasteiger partial charge on any atom is 0.410 e. The molecule has 2 atom stereocenters. The third kappa shape index (κ3) is 4.96. The Hall–Kier alpha value is -3.11. The molecule has 42 heavy (non-hydrogen) atoms. The number of aliphatic hydroxyl groups is 1.